The smallest absolute Gasteiger partial charge is 0.334 e. The summed E-state index contributed by atoms with van der Waals surface area (Å²) in [5.41, 5.74) is -0.630. The highest BCUT2D eigenvalue weighted by Gasteiger charge is 2.67. The number of esters is 3. The fourth-order valence-corrected chi connectivity index (χ4v) is 5.52. The molecule has 3 aliphatic rings. The highest BCUT2D eigenvalue weighted by molar-refractivity contribution is 5.91. The summed E-state index contributed by atoms with van der Waals surface area (Å²) in [5, 5.41) is 22.4. The number of hydrogen-bond donors (Lipinski definition) is 2. The zero-order valence-electron chi connectivity index (χ0n) is 18.0. The molecule has 0 unspecified atom stereocenters. The molecule has 0 bridgehead atoms. The lowest BCUT2D eigenvalue weighted by molar-refractivity contribution is -0.169. The summed E-state index contributed by atoms with van der Waals surface area (Å²) in [6, 6.07) is 0. The topological polar surface area (TPSA) is 119 Å². The van der Waals surface area contributed by atoms with Crippen molar-refractivity contribution in [2.45, 2.75) is 71.6 Å². The summed E-state index contributed by atoms with van der Waals surface area (Å²) in [6.45, 7) is 11.9. The Bertz CT molecular complexity index is 801. The molecule has 9 atom stereocenters. The molecule has 1 saturated heterocycles. The van der Waals surface area contributed by atoms with Crippen LogP contribution >= 0.6 is 0 Å². The van der Waals surface area contributed by atoms with Crippen molar-refractivity contribution in [3.8, 4) is 0 Å². The first kappa shape index (κ1) is 22.5. The van der Waals surface area contributed by atoms with Gasteiger partial charge in [-0.15, -0.1) is 0 Å². The quantitative estimate of drug-likeness (QED) is 0.397. The lowest BCUT2D eigenvalue weighted by atomic mass is 9.67. The summed E-state index contributed by atoms with van der Waals surface area (Å²) in [5.74, 6) is -3.60. The van der Waals surface area contributed by atoms with Crippen molar-refractivity contribution < 1.29 is 38.8 Å². The maximum Gasteiger partial charge on any atom is 0.334 e. The number of aliphatic hydroxyl groups is 2. The highest BCUT2D eigenvalue weighted by Crippen LogP contribution is 2.58. The van der Waals surface area contributed by atoms with E-state index in [4.69, 9.17) is 14.2 Å². The fourth-order valence-electron chi connectivity index (χ4n) is 5.52. The van der Waals surface area contributed by atoms with Gasteiger partial charge in [-0.1, -0.05) is 26.5 Å². The van der Waals surface area contributed by atoms with Crippen LogP contribution in [0, 0.1) is 23.2 Å². The van der Waals surface area contributed by atoms with Crippen molar-refractivity contribution in [1.29, 1.82) is 0 Å². The average molecular weight is 422 g/mol. The molecule has 0 aromatic rings. The van der Waals surface area contributed by atoms with Gasteiger partial charge in [0.05, 0.1) is 18.1 Å². The molecule has 3 fully saturated rings. The third-order valence-electron chi connectivity index (χ3n) is 7.26. The molecule has 1 heterocycles. The number of allylic oxidation sites excluding steroid dienone is 1. The summed E-state index contributed by atoms with van der Waals surface area (Å²) >= 11 is 0. The van der Waals surface area contributed by atoms with E-state index in [0.29, 0.717) is 5.57 Å². The SMILES string of the molecule is C=C1C(=O)O[C@H]2[C@H](OC(C)=O)[C@@H](C)[C@@H]3[C@@H](OC(=O)/C(C)=C\C)C[C@@H](O)[C@@]3(C)[C@H](O)[C@H]12. The second kappa shape index (κ2) is 7.81. The molecule has 8 heteroatoms. The largest absolute Gasteiger partial charge is 0.459 e. The van der Waals surface area contributed by atoms with Gasteiger partial charge in [0.15, 0.2) is 0 Å². The van der Waals surface area contributed by atoms with Crippen LogP contribution in [0.4, 0.5) is 0 Å². The maximum absolute atomic E-state index is 12.4. The van der Waals surface area contributed by atoms with E-state index in [1.807, 2.05) is 0 Å². The molecule has 0 spiro atoms. The Kier molecular flexibility index (Phi) is 5.86. The van der Waals surface area contributed by atoms with Crippen LogP contribution in [-0.4, -0.2) is 58.6 Å². The van der Waals surface area contributed by atoms with Crippen LogP contribution in [0.2, 0.25) is 0 Å². The van der Waals surface area contributed by atoms with Crippen LogP contribution < -0.4 is 0 Å². The minimum atomic E-state index is -1.21. The van der Waals surface area contributed by atoms with Crippen LogP contribution in [0.1, 0.15) is 41.0 Å². The number of hydrogen-bond acceptors (Lipinski definition) is 8. The summed E-state index contributed by atoms with van der Waals surface area (Å²) in [7, 11) is 0. The van der Waals surface area contributed by atoms with Gasteiger partial charge in [0.25, 0.3) is 0 Å². The number of aliphatic hydroxyl groups excluding tert-OH is 2. The van der Waals surface area contributed by atoms with Gasteiger partial charge in [0.2, 0.25) is 0 Å². The molecule has 0 aromatic carbocycles. The average Bonchev–Trinajstić information content (AvgIpc) is 3.09. The molecular formula is C22H30O8. The predicted molar refractivity (Wildman–Crippen MR) is 105 cm³/mol. The molecule has 3 rings (SSSR count). The number of carbonyl (C=O) groups is 3. The number of fused-ring (bicyclic) bond motifs is 2. The molecule has 166 valence electrons. The third-order valence-corrected chi connectivity index (χ3v) is 7.26. The van der Waals surface area contributed by atoms with E-state index in [1.165, 1.54) is 6.92 Å². The van der Waals surface area contributed by atoms with E-state index in [-0.39, 0.29) is 12.0 Å². The van der Waals surface area contributed by atoms with Crippen molar-refractivity contribution in [2.75, 3.05) is 0 Å². The van der Waals surface area contributed by atoms with Gasteiger partial charge in [-0.3, -0.25) is 4.79 Å². The zero-order chi connectivity index (χ0) is 22.5. The third kappa shape index (κ3) is 3.26. The minimum Gasteiger partial charge on any atom is -0.459 e. The highest BCUT2D eigenvalue weighted by atomic mass is 16.6. The Morgan fingerprint density at radius 2 is 1.90 bits per heavy atom. The first-order valence-electron chi connectivity index (χ1n) is 10.2. The monoisotopic (exact) mass is 422 g/mol. The van der Waals surface area contributed by atoms with E-state index in [9.17, 15) is 24.6 Å². The molecule has 1 aliphatic heterocycles. The number of carbonyl (C=O) groups excluding carboxylic acids is 3. The van der Waals surface area contributed by atoms with E-state index >= 15 is 0 Å². The first-order chi connectivity index (χ1) is 13.9. The second-order valence-electron chi connectivity index (χ2n) is 8.86. The van der Waals surface area contributed by atoms with Gasteiger partial charge in [0.1, 0.15) is 18.3 Å². The van der Waals surface area contributed by atoms with E-state index in [0.717, 1.165) is 0 Å². The molecule has 0 radical (unpaired) electrons. The van der Waals surface area contributed by atoms with Gasteiger partial charge >= 0.3 is 17.9 Å². The van der Waals surface area contributed by atoms with Crippen molar-refractivity contribution >= 4 is 17.9 Å². The fraction of sp³-hybridized carbons (Fsp3) is 0.682. The molecule has 8 nitrogen and oxygen atoms in total. The van der Waals surface area contributed by atoms with Crippen molar-refractivity contribution in [3.63, 3.8) is 0 Å². The van der Waals surface area contributed by atoms with Crippen LogP contribution in [0.3, 0.4) is 0 Å². The minimum absolute atomic E-state index is 0.0798. The first-order valence-corrected chi connectivity index (χ1v) is 10.2. The Morgan fingerprint density at radius 1 is 1.27 bits per heavy atom. The second-order valence-corrected chi connectivity index (χ2v) is 8.86. The van der Waals surface area contributed by atoms with Crippen molar-refractivity contribution in [1.82, 2.24) is 0 Å². The zero-order valence-corrected chi connectivity index (χ0v) is 18.0. The van der Waals surface area contributed by atoms with Crippen molar-refractivity contribution in [2.24, 2.45) is 23.2 Å². The van der Waals surface area contributed by atoms with Gasteiger partial charge in [-0.05, 0) is 13.8 Å². The van der Waals surface area contributed by atoms with Crippen LogP contribution in [-0.2, 0) is 28.6 Å². The Morgan fingerprint density at radius 3 is 2.47 bits per heavy atom. The Balaban J connectivity index is 2.08. The van der Waals surface area contributed by atoms with Gasteiger partial charge in [0, 0.05) is 41.7 Å². The normalized spacial score (nSPS) is 43.4. The molecule has 2 aliphatic carbocycles. The van der Waals surface area contributed by atoms with Gasteiger partial charge < -0.3 is 24.4 Å². The van der Waals surface area contributed by atoms with Gasteiger partial charge in [-0.2, -0.15) is 0 Å². The Hall–Kier alpha value is -2.19. The lowest BCUT2D eigenvalue weighted by Crippen LogP contribution is -2.49. The maximum atomic E-state index is 12.4. The number of rotatable bonds is 3. The standard InChI is InChI=1S/C22H30O8/c1-7-9(2)20(26)29-13-8-14(24)22(6)16(13)11(4)17(28-12(5)23)18-15(19(22)25)10(3)21(27)30-18/h7,11,13-19,24-25H,3,8H2,1-2,4-6H3/b9-7-/t11-,13-,14+,15+,16+,17+,18+,19+,22+/m0/s1. The Labute approximate surface area is 175 Å². The molecule has 30 heavy (non-hydrogen) atoms. The van der Waals surface area contributed by atoms with Crippen LogP contribution in [0.25, 0.3) is 0 Å². The summed E-state index contributed by atoms with van der Waals surface area (Å²) in [4.78, 5) is 36.5. The number of ether oxygens (including phenoxy) is 3. The molecular weight excluding hydrogens is 392 g/mol. The van der Waals surface area contributed by atoms with E-state index in [1.54, 1.807) is 33.8 Å². The van der Waals surface area contributed by atoms with E-state index < -0.39 is 71.6 Å². The molecule has 2 N–H and O–H groups in total. The van der Waals surface area contributed by atoms with Crippen LogP contribution in [0.5, 0.6) is 0 Å². The van der Waals surface area contributed by atoms with Gasteiger partial charge in [-0.25, -0.2) is 9.59 Å². The molecule has 0 aromatic heterocycles. The molecule has 2 saturated carbocycles. The molecule has 0 amide bonds. The van der Waals surface area contributed by atoms with E-state index in [2.05, 4.69) is 6.58 Å². The van der Waals surface area contributed by atoms with Crippen LogP contribution in [0.15, 0.2) is 23.8 Å². The van der Waals surface area contributed by atoms with Crippen molar-refractivity contribution in [3.05, 3.63) is 23.8 Å². The summed E-state index contributed by atoms with van der Waals surface area (Å²) < 4.78 is 16.7. The lowest BCUT2D eigenvalue weighted by Gasteiger charge is -2.41. The summed E-state index contributed by atoms with van der Waals surface area (Å²) in [6.07, 6.45) is -2.99. The predicted octanol–water partition coefficient (Wildman–Crippen LogP) is 1.29.